The van der Waals surface area contributed by atoms with E-state index in [-0.39, 0.29) is 15.2 Å². The van der Waals surface area contributed by atoms with Gasteiger partial charge >= 0.3 is 60.6 Å². The first kappa shape index (κ1) is 6.83. The molecule has 1 N–H and O–H groups in total. The molecule has 0 radical (unpaired) electrons. The molecule has 44 valence electrons. The molecule has 0 atom stereocenters. The Labute approximate surface area is 61.0 Å². The molecule has 9 heavy (non-hydrogen) atoms. The maximum atomic E-state index is 8.56. The van der Waals surface area contributed by atoms with Crippen LogP contribution in [0.15, 0.2) is 30.3 Å². The fraction of sp³-hybridized carbons (Fsp3) is 0.143. The van der Waals surface area contributed by atoms with Gasteiger partial charge in [0.2, 0.25) is 0 Å². The summed E-state index contributed by atoms with van der Waals surface area (Å²) < 4.78 is 1.28. The molecule has 1 aromatic rings. The van der Waals surface area contributed by atoms with Crippen LogP contribution in [-0.4, -0.2) is 25.8 Å². The Kier molecular flexibility index (Phi) is 2.79. The molecule has 0 unspecified atom stereocenters. The van der Waals surface area contributed by atoms with Crippen LogP contribution in [0.4, 0.5) is 0 Å². The van der Waals surface area contributed by atoms with Crippen LogP contribution in [0.2, 0.25) is 0 Å². The van der Waals surface area contributed by atoms with Crippen LogP contribution >= 0.6 is 0 Å². The van der Waals surface area contributed by atoms with Gasteiger partial charge in [0.15, 0.2) is 0 Å². The number of hydrogen-bond acceptors (Lipinski definition) is 1. The quantitative estimate of drug-likeness (QED) is 0.564. The standard InChI is InChI=1S/C6H5.CH3O.Al/c1-2-4-6-5-3-1;1-2;/h1-5H;2H,1H2;/q;;+1. The third-order valence-electron chi connectivity index (χ3n) is 1.13. The molecule has 0 amide bonds. The van der Waals surface area contributed by atoms with E-state index >= 15 is 0 Å². The zero-order valence-corrected chi connectivity index (χ0v) is 6.27. The number of aliphatic hydroxyl groups is 1. The predicted molar refractivity (Wildman–Crippen MR) is 38.9 cm³/mol. The average molecular weight is 135 g/mol. The van der Waals surface area contributed by atoms with Gasteiger partial charge < -0.3 is 0 Å². The Balaban J connectivity index is 2.61. The molecule has 0 bridgehead atoms. The van der Waals surface area contributed by atoms with Crippen molar-refractivity contribution in [3.63, 3.8) is 0 Å². The first-order chi connectivity index (χ1) is 4.43. The Hall–Kier alpha value is -0.288. The first-order valence-corrected chi connectivity index (χ1v) is 4.32. The third-order valence-corrected chi connectivity index (χ3v) is 2.17. The Morgan fingerprint density at radius 2 is 1.89 bits per heavy atom. The molecule has 0 aliphatic carbocycles. The summed E-state index contributed by atoms with van der Waals surface area (Å²) in [6.45, 7) is 0. The van der Waals surface area contributed by atoms with E-state index in [1.165, 1.54) is 4.43 Å². The van der Waals surface area contributed by atoms with Crippen LogP contribution < -0.4 is 4.43 Å². The summed E-state index contributed by atoms with van der Waals surface area (Å²) in [6, 6.07) is 10.1. The van der Waals surface area contributed by atoms with Crippen molar-refractivity contribution in [3.05, 3.63) is 30.3 Å². The van der Waals surface area contributed by atoms with Gasteiger partial charge in [0.1, 0.15) is 0 Å². The van der Waals surface area contributed by atoms with Crippen LogP contribution in [0.25, 0.3) is 0 Å². The molecular formula is C7H8AlO+. The van der Waals surface area contributed by atoms with Gasteiger partial charge in [0.25, 0.3) is 0 Å². The van der Waals surface area contributed by atoms with E-state index in [1.807, 2.05) is 30.3 Å². The fourth-order valence-electron chi connectivity index (χ4n) is 0.695. The van der Waals surface area contributed by atoms with Crippen molar-refractivity contribution in [2.75, 3.05) is 5.47 Å². The van der Waals surface area contributed by atoms with Crippen molar-refractivity contribution in [2.24, 2.45) is 0 Å². The van der Waals surface area contributed by atoms with Gasteiger partial charge in [-0.2, -0.15) is 0 Å². The monoisotopic (exact) mass is 135 g/mol. The Morgan fingerprint density at radius 3 is 2.44 bits per heavy atom. The minimum atomic E-state index is 0.0986. The summed E-state index contributed by atoms with van der Waals surface area (Å²) in [7, 11) is 0. The predicted octanol–water partition coefficient (Wildman–Crippen LogP) is -0.0341. The van der Waals surface area contributed by atoms with Gasteiger partial charge in [-0.3, -0.25) is 0 Å². The summed E-state index contributed by atoms with van der Waals surface area (Å²) in [4.78, 5) is 0. The molecular weight excluding hydrogens is 127 g/mol. The zero-order chi connectivity index (χ0) is 6.53. The van der Waals surface area contributed by atoms with E-state index in [0.717, 1.165) is 0 Å². The van der Waals surface area contributed by atoms with Crippen molar-refractivity contribution < 1.29 is 5.11 Å². The van der Waals surface area contributed by atoms with Crippen molar-refractivity contribution in [3.8, 4) is 0 Å². The van der Waals surface area contributed by atoms with Crippen molar-refractivity contribution in [2.45, 2.75) is 0 Å². The molecule has 0 aromatic heterocycles. The van der Waals surface area contributed by atoms with Gasteiger partial charge in [0.05, 0.1) is 0 Å². The topological polar surface area (TPSA) is 20.2 Å². The Morgan fingerprint density at radius 1 is 1.22 bits per heavy atom. The fourth-order valence-corrected chi connectivity index (χ4v) is 1.40. The van der Waals surface area contributed by atoms with Crippen LogP contribution in [0.5, 0.6) is 0 Å². The second kappa shape index (κ2) is 3.68. The molecule has 0 aliphatic rings. The molecule has 1 nitrogen and oxygen atoms in total. The molecule has 0 fully saturated rings. The van der Waals surface area contributed by atoms with Gasteiger partial charge in [-0.05, 0) is 0 Å². The van der Waals surface area contributed by atoms with Crippen LogP contribution in [0, 0.1) is 0 Å². The second-order valence-electron chi connectivity index (χ2n) is 1.80. The molecule has 0 saturated carbocycles. The average Bonchev–Trinajstić information content (AvgIpc) is 1.91. The van der Waals surface area contributed by atoms with E-state index in [1.54, 1.807) is 0 Å². The molecule has 0 aliphatic heterocycles. The van der Waals surface area contributed by atoms with Crippen molar-refractivity contribution in [1.29, 1.82) is 0 Å². The van der Waals surface area contributed by atoms with E-state index in [9.17, 15) is 0 Å². The normalized spacial score (nSPS) is 8.56. The summed E-state index contributed by atoms with van der Waals surface area (Å²) in [5.74, 6) is 0. The van der Waals surface area contributed by atoms with E-state index < -0.39 is 0 Å². The number of benzene rings is 1. The Bertz CT molecular complexity index is 162. The van der Waals surface area contributed by atoms with Crippen molar-refractivity contribution in [1.82, 2.24) is 0 Å². The summed E-state index contributed by atoms with van der Waals surface area (Å²) in [5.41, 5.74) is 0.323. The van der Waals surface area contributed by atoms with E-state index in [2.05, 4.69) is 0 Å². The van der Waals surface area contributed by atoms with Crippen LogP contribution in [-0.2, 0) is 0 Å². The molecule has 0 spiro atoms. The summed E-state index contributed by atoms with van der Waals surface area (Å²) in [6.07, 6.45) is 0. The van der Waals surface area contributed by atoms with Crippen LogP contribution in [0.1, 0.15) is 0 Å². The molecule has 1 rings (SSSR count). The van der Waals surface area contributed by atoms with Crippen LogP contribution in [0.3, 0.4) is 0 Å². The minimum absolute atomic E-state index is 0.0986. The van der Waals surface area contributed by atoms with Crippen molar-refractivity contribution >= 4 is 19.6 Å². The molecule has 1 aromatic carbocycles. The molecule has 0 heterocycles. The second-order valence-corrected chi connectivity index (χ2v) is 3.24. The first-order valence-electron chi connectivity index (χ1n) is 2.92. The molecule has 0 saturated heterocycles. The van der Waals surface area contributed by atoms with Gasteiger partial charge in [-0.25, -0.2) is 0 Å². The van der Waals surface area contributed by atoms with Gasteiger partial charge in [0, 0.05) is 0 Å². The number of hydrogen-bond donors (Lipinski definition) is 1. The summed E-state index contributed by atoms with van der Waals surface area (Å²) in [5, 5.41) is 8.56. The number of rotatable bonds is 2. The third kappa shape index (κ3) is 2.19. The van der Waals surface area contributed by atoms with Gasteiger partial charge in [-0.1, -0.05) is 0 Å². The van der Waals surface area contributed by atoms with Gasteiger partial charge in [-0.15, -0.1) is 0 Å². The summed E-state index contributed by atoms with van der Waals surface area (Å²) >= 11 is 0.0986. The SMILES string of the molecule is O[CH2][Al+][c]1ccccc1. The van der Waals surface area contributed by atoms with E-state index in [4.69, 9.17) is 5.11 Å². The zero-order valence-electron chi connectivity index (χ0n) is 5.12. The maximum absolute atomic E-state index is 8.56. The molecule has 2 heteroatoms. The van der Waals surface area contributed by atoms with E-state index in [0.29, 0.717) is 5.47 Å². The number of aliphatic hydroxyl groups excluding tert-OH is 1.